The van der Waals surface area contributed by atoms with Crippen LogP contribution in [0.3, 0.4) is 0 Å². The zero-order valence-electron chi connectivity index (χ0n) is 12.1. The molecule has 4 nitrogen and oxygen atoms in total. The third kappa shape index (κ3) is 2.48. The lowest BCUT2D eigenvalue weighted by atomic mass is 9.85. The van der Waals surface area contributed by atoms with Crippen LogP contribution in [0, 0.1) is 13.8 Å². The Morgan fingerprint density at radius 2 is 2.00 bits per heavy atom. The summed E-state index contributed by atoms with van der Waals surface area (Å²) in [6, 6.07) is 6.42. The molecular weight excluding hydrogens is 250 g/mol. The first-order chi connectivity index (χ1) is 9.65. The minimum absolute atomic E-state index is 0.149. The maximum absolute atomic E-state index is 6.18. The monoisotopic (exact) mass is 271 g/mol. The van der Waals surface area contributed by atoms with E-state index in [1.54, 1.807) is 0 Å². The highest BCUT2D eigenvalue weighted by atomic mass is 16.5. The van der Waals surface area contributed by atoms with Crippen molar-refractivity contribution in [2.45, 2.75) is 51.5 Å². The molecule has 0 saturated heterocycles. The summed E-state index contributed by atoms with van der Waals surface area (Å²) in [5.74, 6) is 1.60. The fraction of sp³-hybridized carbons (Fsp3) is 0.500. The third-order valence-electron chi connectivity index (χ3n) is 4.20. The maximum Gasteiger partial charge on any atom is 0.231 e. The van der Waals surface area contributed by atoms with Gasteiger partial charge in [-0.25, -0.2) is 0 Å². The molecule has 0 aliphatic heterocycles. The van der Waals surface area contributed by atoms with E-state index in [1.165, 1.54) is 24.0 Å². The quantitative estimate of drug-likeness (QED) is 0.909. The van der Waals surface area contributed by atoms with Gasteiger partial charge in [-0.05, 0) is 32.3 Å². The largest absolute Gasteiger partial charge is 0.339 e. The molecule has 3 rings (SSSR count). The number of hydrogen-bond donors (Lipinski definition) is 1. The first-order valence-electron chi connectivity index (χ1n) is 7.32. The van der Waals surface area contributed by atoms with Gasteiger partial charge in [0.15, 0.2) is 0 Å². The van der Waals surface area contributed by atoms with Crippen molar-refractivity contribution < 1.29 is 4.52 Å². The number of hydrogen-bond acceptors (Lipinski definition) is 4. The first kappa shape index (κ1) is 13.3. The number of rotatable bonds is 2. The lowest BCUT2D eigenvalue weighted by Gasteiger charge is -2.25. The summed E-state index contributed by atoms with van der Waals surface area (Å²) in [5, 5.41) is 4.14. The Morgan fingerprint density at radius 3 is 2.75 bits per heavy atom. The van der Waals surface area contributed by atoms with Gasteiger partial charge in [0.25, 0.3) is 0 Å². The van der Waals surface area contributed by atoms with E-state index >= 15 is 0 Å². The van der Waals surface area contributed by atoms with Crippen molar-refractivity contribution in [3.63, 3.8) is 0 Å². The number of nitrogens with zero attached hydrogens (tertiary/aromatic N) is 2. The minimum atomic E-state index is 0.149. The molecule has 1 aromatic heterocycles. The van der Waals surface area contributed by atoms with Gasteiger partial charge in [0.1, 0.15) is 0 Å². The summed E-state index contributed by atoms with van der Waals surface area (Å²) < 4.78 is 5.47. The van der Waals surface area contributed by atoms with Gasteiger partial charge in [0, 0.05) is 11.6 Å². The average Bonchev–Trinajstić information content (AvgIpc) is 2.88. The molecule has 0 bridgehead atoms. The fourth-order valence-electron chi connectivity index (χ4n) is 3.03. The topological polar surface area (TPSA) is 64.9 Å². The SMILES string of the molecule is Cc1ccc(-c2noc(C3CCCCC3N)n2)c(C)c1. The Bertz CT molecular complexity index is 606. The average molecular weight is 271 g/mol. The lowest BCUT2D eigenvalue weighted by molar-refractivity contribution is 0.290. The molecule has 0 radical (unpaired) electrons. The van der Waals surface area contributed by atoms with Crippen LogP contribution < -0.4 is 5.73 Å². The molecule has 2 atom stereocenters. The maximum atomic E-state index is 6.18. The second kappa shape index (κ2) is 5.37. The van der Waals surface area contributed by atoms with Crippen LogP contribution in [-0.4, -0.2) is 16.2 Å². The van der Waals surface area contributed by atoms with Crippen molar-refractivity contribution >= 4 is 0 Å². The Balaban J connectivity index is 1.89. The van der Waals surface area contributed by atoms with Gasteiger partial charge >= 0.3 is 0 Å². The predicted molar refractivity (Wildman–Crippen MR) is 78.4 cm³/mol. The Labute approximate surface area is 119 Å². The standard InChI is InChI=1S/C16H21N3O/c1-10-7-8-12(11(2)9-10)15-18-16(20-19-15)13-5-3-4-6-14(13)17/h7-9,13-14H,3-6,17H2,1-2H3. The number of aromatic nitrogens is 2. The second-order valence-corrected chi connectivity index (χ2v) is 5.83. The molecule has 2 N–H and O–H groups in total. The molecule has 2 unspecified atom stereocenters. The van der Waals surface area contributed by atoms with Crippen LogP contribution in [0.2, 0.25) is 0 Å². The van der Waals surface area contributed by atoms with E-state index in [9.17, 15) is 0 Å². The summed E-state index contributed by atoms with van der Waals surface area (Å²) in [6.45, 7) is 4.16. The van der Waals surface area contributed by atoms with E-state index in [4.69, 9.17) is 10.3 Å². The van der Waals surface area contributed by atoms with Crippen molar-refractivity contribution in [2.24, 2.45) is 5.73 Å². The highest BCUT2D eigenvalue weighted by Gasteiger charge is 2.28. The van der Waals surface area contributed by atoms with Gasteiger partial charge in [-0.15, -0.1) is 0 Å². The normalized spacial score (nSPS) is 22.9. The Morgan fingerprint density at radius 1 is 1.20 bits per heavy atom. The van der Waals surface area contributed by atoms with Gasteiger partial charge in [0.05, 0.1) is 5.92 Å². The molecule has 4 heteroatoms. The van der Waals surface area contributed by atoms with Crippen LogP contribution in [0.25, 0.3) is 11.4 Å². The lowest BCUT2D eigenvalue weighted by Crippen LogP contribution is -2.31. The smallest absolute Gasteiger partial charge is 0.231 e. The van der Waals surface area contributed by atoms with E-state index in [2.05, 4.69) is 42.2 Å². The summed E-state index contributed by atoms with van der Waals surface area (Å²) in [5.41, 5.74) is 9.63. The van der Waals surface area contributed by atoms with Gasteiger partial charge < -0.3 is 10.3 Å². The van der Waals surface area contributed by atoms with E-state index < -0.39 is 0 Å². The van der Waals surface area contributed by atoms with Gasteiger partial charge in [-0.3, -0.25) is 0 Å². The van der Waals surface area contributed by atoms with Crippen molar-refractivity contribution in [1.29, 1.82) is 0 Å². The molecule has 0 spiro atoms. The van der Waals surface area contributed by atoms with Gasteiger partial charge in [-0.2, -0.15) is 4.98 Å². The van der Waals surface area contributed by atoms with E-state index in [-0.39, 0.29) is 12.0 Å². The van der Waals surface area contributed by atoms with Crippen LogP contribution in [-0.2, 0) is 0 Å². The summed E-state index contributed by atoms with van der Waals surface area (Å²) in [4.78, 5) is 4.59. The van der Waals surface area contributed by atoms with E-state index in [1.807, 2.05) is 0 Å². The number of aryl methyl sites for hydroxylation is 2. The molecule has 1 aliphatic rings. The molecule has 1 fully saturated rings. The summed E-state index contributed by atoms with van der Waals surface area (Å²) in [7, 11) is 0. The van der Waals surface area contributed by atoms with Gasteiger partial charge in [-0.1, -0.05) is 41.8 Å². The summed E-state index contributed by atoms with van der Waals surface area (Å²) >= 11 is 0. The van der Waals surface area contributed by atoms with E-state index in [0.717, 1.165) is 18.4 Å². The van der Waals surface area contributed by atoms with Crippen LogP contribution in [0.4, 0.5) is 0 Å². The van der Waals surface area contributed by atoms with Crippen LogP contribution in [0.5, 0.6) is 0 Å². The molecular formula is C16H21N3O. The Hall–Kier alpha value is -1.68. The van der Waals surface area contributed by atoms with Gasteiger partial charge in [0.2, 0.25) is 11.7 Å². The minimum Gasteiger partial charge on any atom is -0.339 e. The molecule has 2 aromatic rings. The molecule has 106 valence electrons. The zero-order valence-corrected chi connectivity index (χ0v) is 12.1. The molecule has 0 amide bonds. The zero-order chi connectivity index (χ0) is 14.1. The highest BCUT2D eigenvalue weighted by Crippen LogP contribution is 2.32. The molecule has 1 aliphatic carbocycles. The molecule has 1 saturated carbocycles. The molecule has 1 aromatic carbocycles. The van der Waals surface area contributed by atoms with Crippen molar-refractivity contribution in [3.05, 3.63) is 35.2 Å². The van der Waals surface area contributed by atoms with Crippen LogP contribution >= 0.6 is 0 Å². The highest BCUT2D eigenvalue weighted by molar-refractivity contribution is 5.60. The third-order valence-corrected chi connectivity index (χ3v) is 4.20. The predicted octanol–water partition coefficient (Wildman–Crippen LogP) is 3.34. The number of benzene rings is 1. The van der Waals surface area contributed by atoms with Crippen molar-refractivity contribution in [2.75, 3.05) is 0 Å². The van der Waals surface area contributed by atoms with Crippen LogP contribution in [0.15, 0.2) is 22.7 Å². The van der Waals surface area contributed by atoms with Crippen molar-refractivity contribution in [3.8, 4) is 11.4 Å². The fourth-order valence-corrected chi connectivity index (χ4v) is 3.03. The Kier molecular flexibility index (Phi) is 3.57. The van der Waals surface area contributed by atoms with Crippen molar-refractivity contribution in [1.82, 2.24) is 10.1 Å². The molecule has 1 heterocycles. The molecule has 20 heavy (non-hydrogen) atoms. The van der Waals surface area contributed by atoms with E-state index in [0.29, 0.717) is 11.7 Å². The first-order valence-corrected chi connectivity index (χ1v) is 7.32. The second-order valence-electron chi connectivity index (χ2n) is 5.83. The number of nitrogens with two attached hydrogens (primary N) is 1. The summed E-state index contributed by atoms with van der Waals surface area (Å²) in [6.07, 6.45) is 4.50. The van der Waals surface area contributed by atoms with Crippen LogP contribution in [0.1, 0.15) is 48.6 Å².